The van der Waals surface area contributed by atoms with Crippen LogP contribution in [-0.4, -0.2) is 6.54 Å². The molecule has 4 nitrogen and oxygen atoms in total. The molecule has 0 aliphatic heterocycles. The molecule has 0 aromatic heterocycles. The van der Waals surface area contributed by atoms with Crippen LogP contribution in [0.5, 0.6) is 0 Å². The topological polar surface area (TPSA) is 74.8 Å². The van der Waals surface area contributed by atoms with Gasteiger partial charge in [-0.15, -0.1) is 0 Å². The summed E-state index contributed by atoms with van der Waals surface area (Å²) in [5.74, 6) is -0.345. The lowest BCUT2D eigenvalue weighted by Gasteiger charge is -1.98. The number of hydrogen-bond donors (Lipinski definition) is 1. The molecule has 0 radical (unpaired) electrons. The fraction of sp³-hybridized carbons (Fsp3) is 0.111. The number of azide groups is 1. The SMILES string of the molecule is [N-]=[N+]=NCC=Cc1cc(F)ccc1N. The van der Waals surface area contributed by atoms with Gasteiger partial charge in [-0.3, -0.25) is 0 Å². The standard InChI is InChI=1S/C9H9FN4/c10-8-3-4-9(11)7(6-8)2-1-5-13-14-12/h1-4,6H,5,11H2. The van der Waals surface area contributed by atoms with Gasteiger partial charge < -0.3 is 5.73 Å². The van der Waals surface area contributed by atoms with Crippen LogP contribution in [0.1, 0.15) is 5.56 Å². The average Bonchev–Trinajstić information content (AvgIpc) is 2.18. The summed E-state index contributed by atoms with van der Waals surface area (Å²) >= 11 is 0. The number of nitrogens with two attached hydrogens (primary N) is 1. The lowest BCUT2D eigenvalue weighted by atomic mass is 10.1. The van der Waals surface area contributed by atoms with Crippen LogP contribution in [0, 0.1) is 5.82 Å². The van der Waals surface area contributed by atoms with Gasteiger partial charge in [0.15, 0.2) is 0 Å². The van der Waals surface area contributed by atoms with Gasteiger partial charge in [0.2, 0.25) is 0 Å². The molecule has 0 aliphatic carbocycles. The van der Waals surface area contributed by atoms with E-state index >= 15 is 0 Å². The molecule has 5 heteroatoms. The van der Waals surface area contributed by atoms with Crippen molar-refractivity contribution in [2.24, 2.45) is 5.11 Å². The number of hydrogen-bond acceptors (Lipinski definition) is 2. The van der Waals surface area contributed by atoms with Crippen molar-refractivity contribution >= 4 is 11.8 Å². The number of benzene rings is 1. The normalized spacial score (nSPS) is 10.1. The molecular weight excluding hydrogens is 183 g/mol. The van der Waals surface area contributed by atoms with Crippen LogP contribution in [0.2, 0.25) is 0 Å². The van der Waals surface area contributed by atoms with Crippen molar-refractivity contribution in [2.45, 2.75) is 0 Å². The van der Waals surface area contributed by atoms with Gasteiger partial charge in [0.1, 0.15) is 5.82 Å². The Morgan fingerprint density at radius 3 is 3.07 bits per heavy atom. The first-order chi connectivity index (χ1) is 6.74. The van der Waals surface area contributed by atoms with E-state index in [1.807, 2.05) is 0 Å². The lowest BCUT2D eigenvalue weighted by molar-refractivity contribution is 0.628. The Morgan fingerprint density at radius 1 is 1.57 bits per heavy atom. The van der Waals surface area contributed by atoms with Crippen molar-refractivity contribution in [3.8, 4) is 0 Å². The number of nitrogens with zero attached hydrogens (tertiary/aromatic N) is 3. The second-order valence-corrected chi connectivity index (χ2v) is 2.59. The molecule has 0 saturated heterocycles. The van der Waals surface area contributed by atoms with Crippen molar-refractivity contribution in [3.63, 3.8) is 0 Å². The lowest BCUT2D eigenvalue weighted by Crippen LogP contribution is -1.89. The maximum atomic E-state index is 12.8. The third kappa shape index (κ3) is 2.80. The zero-order chi connectivity index (χ0) is 10.4. The average molecular weight is 192 g/mol. The highest BCUT2D eigenvalue weighted by Gasteiger charge is 1.96. The molecule has 1 aromatic rings. The molecular formula is C9H9FN4. The molecule has 0 atom stereocenters. The van der Waals surface area contributed by atoms with Gasteiger partial charge in [0.05, 0.1) is 0 Å². The Bertz CT molecular complexity index is 394. The fourth-order valence-corrected chi connectivity index (χ4v) is 0.953. The van der Waals surface area contributed by atoms with E-state index in [1.165, 1.54) is 18.2 Å². The molecule has 0 saturated carbocycles. The second-order valence-electron chi connectivity index (χ2n) is 2.59. The van der Waals surface area contributed by atoms with E-state index in [-0.39, 0.29) is 12.4 Å². The highest BCUT2D eigenvalue weighted by Crippen LogP contribution is 2.14. The van der Waals surface area contributed by atoms with Crippen LogP contribution in [0.25, 0.3) is 16.5 Å². The third-order valence-electron chi connectivity index (χ3n) is 1.60. The predicted octanol–water partition coefficient (Wildman–Crippen LogP) is 2.73. The van der Waals surface area contributed by atoms with Crippen molar-refractivity contribution < 1.29 is 4.39 Å². The van der Waals surface area contributed by atoms with Crippen molar-refractivity contribution in [1.82, 2.24) is 0 Å². The predicted molar refractivity (Wildman–Crippen MR) is 53.9 cm³/mol. The van der Waals surface area contributed by atoms with Crippen molar-refractivity contribution in [3.05, 3.63) is 46.1 Å². The third-order valence-corrected chi connectivity index (χ3v) is 1.60. The van der Waals surface area contributed by atoms with Gasteiger partial charge >= 0.3 is 0 Å². The number of rotatable bonds is 3. The first-order valence-corrected chi connectivity index (χ1v) is 3.96. The van der Waals surface area contributed by atoms with E-state index < -0.39 is 0 Å². The number of nitrogen functional groups attached to an aromatic ring is 1. The molecule has 0 spiro atoms. The molecule has 2 N–H and O–H groups in total. The Morgan fingerprint density at radius 2 is 2.36 bits per heavy atom. The quantitative estimate of drug-likeness (QED) is 0.340. The Labute approximate surface area is 80.5 Å². The highest BCUT2D eigenvalue weighted by atomic mass is 19.1. The summed E-state index contributed by atoms with van der Waals surface area (Å²) in [6, 6.07) is 4.10. The van der Waals surface area contributed by atoms with E-state index in [2.05, 4.69) is 10.0 Å². The summed E-state index contributed by atoms with van der Waals surface area (Å²) in [5.41, 5.74) is 14.7. The van der Waals surface area contributed by atoms with Crippen molar-refractivity contribution in [1.29, 1.82) is 0 Å². The largest absolute Gasteiger partial charge is 0.398 e. The van der Waals surface area contributed by atoms with Crippen LogP contribution in [0.3, 0.4) is 0 Å². The van der Waals surface area contributed by atoms with Gasteiger partial charge in [-0.05, 0) is 29.3 Å². The van der Waals surface area contributed by atoms with Gasteiger partial charge in [-0.1, -0.05) is 17.3 Å². The van der Waals surface area contributed by atoms with Gasteiger partial charge in [-0.25, -0.2) is 4.39 Å². The summed E-state index contributed by atoms with van der Waals surface area (Å²) in [7, 11) is 0. The Balaban J connectivity index is 2.79. The molecule has 72 valence electrons. The maximum Gasteiger partial charge on any atom is 0.123 e. The number of anilines is 1. The van der Waals surface area contributed by atoms with Crippen LogP contribution in [0.15, 0.2) is 29.4 Å². The molecule has 0 bridgehead atoms. The molecule has 0 aliphatic rings. The molecule has 0 unspecified atom stereocenters. The summed E-state index contributed by atoms with van der Waals surface area (Å²) in [5, 5.41) is 3.30. The zero-order valence-electron chi connectivity index (χ0n) is 7.39. The molecule has 0 amide bonds. The molecule has 1 aromatic carbocycles. The fourth-order valence-electron chi connectivity index (χ4n) is 0.953. The van der Waals surface area contributed by atoms with E-state index in [0.717, 1.165) is 0 Å². The molecule has 0 fully saturated rings. The van der Waals surface area contributed by atoms with Crippen molar-refractivity contribution in [2.75, 3.05) is 12.3 Å². The van der Waals surface area contributed by atoms with Crippen LogP contribution in [0.4, 0.5) is 10.1 Å². The number of halogens is 1. The minimum absolute atomic E-state index is 0.229. The molecule has 1 rings (SSSR count). The summed E-state index contributed by atoms with van der Waals surface area (Å²) in [6.07, 6.45) is 3.23. The van der Waals surface area contributed by atoms with E-state index in [9.17, 15) is 4.39 Å². The van der Waals surface area contributed by atoms with Gasteiger partial charge in [0.25, 0.3) is 0 Å². The molecule has 0 heterocycles. The Hall–Kier alpha value is -2.00. The smallest absolute Gasteiger partial charge is 0.123 e. The van der Waals surface area contributed by atoms with Crippen LogP contribution in [-0.2, 0) is 0 Å². The van der Waals surface area contributed by atoms with Gasteiger partial charge in [0, 0.05) is 17.1 Å². The first kappa shape index (κ1) is 10.1. The minimum atomic E-state index is -0.345. The maximum absolute atomic E-state index is 12.8. The second kappa shape index (κ2) is 4.89. The molecule has 14 heavy (non-hydrogen) atoms. The summed E-state index contributed by atoms with van der Waals surface area (Å²) in [4.78, 5) is 2.58. The summed E-state index contributed by atoms with van der Waals surface area (Å²) < 4.78 is 12.8. The first-order valence-electron chi connectivity index (χ1n) is 3.96. The minimum Gasteiger partial charge on any atom is -0.398 e. The zero-order valence-corrected chi connectivity index (χ0v) is 7.39. The monoisotopic (exact) mass is 192 g/mol. The van der Waals surface area contributed by atoms with Crippen LogP contribution < -0.4 is 5.73 Å². The van der Waals surface area contributed by atoms with Gasteiger partial charge in [-0.2, -0.15) is 0 Å². The Kier molecular flexibility index (Phi) is 3.52. The summed E-state index contributed by atoms with van der Waals surface area (Å²) in [6.45, 7) is 0.229. The van der Waals surface area contributed by atoms with E-state index in [0.29, 0.717) is 11.3 Å². The van der Waals surface area contributed by atoms with E-state index in [1.54, 1.807) is 12.2 Å². The van der Waals surface area contributed by atoms with Crippen LogP contribution >= 0.6 is 0 Å². The highest BCUT2D eigenvalue weighted by molar-refractivity contribution is 5.64. The van der Waals surface area contributed by atoms with E-state index in [4.69, 9.17) is 11.3 Å².